The Hall–Kier alpha value is -1.96. The Bertz CT molecular complexity index is 679. The number of rotatable bonds is 5. The van der Waals surface area contributed by atoms with Gasteiger partial charge in [0.15, 0.2) is 5.82 Å². The van der Waals surface area contributed by atoms with E-state index in [1.165, 1.54) is 0 Å². The predicted octanol–water partition coefficient (Wildman–Crippen LogP) is 3.17. The first-order valence-electron chi connectivity index (χ1n) is 7.56. The number of carbonyl (C=O) groups is 1. The van der Waals surface area contributed by atoms with Crippen LogP contribution in [0.1, 0.15) is 60.0 Å². The van der Waals surface area contributed by atoms with Crippen molar-refractivity contribution in [3.05, 3.63) is 27.3 Å². The number of urea groups is 1. The van der Waals surface area contributed by atoms with Crippen LogP contribution in [-0.4, -0.2) is 33.1 Å². The number of amides is 2. The van der Waals surface area contributed by atoms with Gasteiger partial charge in [-0.25, -0.2) is 9.78 Å². The molecule has 0 aliphatic carbocycles. The number of nitrogens with one attached hydrogen (secondary N) is 1. The van der Waals surface area contributed by atoms with Crippen molar-refractivity contribution in [2.45, 2.75) is 53.1 Å². The molecule has 2 rings (SSSR count). The molecule has 1 atom stereocenters. The highest BCUT2D eigenvalue weighted by Crippen LogP contribution is 2.31. The molecule has 126 valence electrons. The minimum atomic E-state index is -0.182. The van der Waals surface area contributed by atoms with Gasteiger partial charge < -0.3 is 14.7 Å². The van der Waals surface area contributed by atoms with Crippen LogP contribution in [0.3, 0.4) is 0 Å². The number of hydrogen-bond acceptors (Lipinski definition) is 6. The van der Waals surface area contributed by atoms with Crippen LogP contribution in [-0.2, 0) is 6.54 Å². The molecule has 23 heavy (non-hydrogen) atoms. The first-order chi connectivity index (χ1) is 10.8. The van der Waals surface area contributed by atoms with Crippen molar-refractivity contribution in [2.24, 2.45) is 0 Å². The minimum absolute atomic E-state index is 0.0491. The SMILES string of the molecule is Cc1nc(CNC(=O)N(C)[C@@H](C)c2sc(C(C)C)nc2C)no1. The summed E-state index contributed by atoms with van der Waals surface area (Å²) in [6, 6.07) is -0.231. The molecule has 0 aliphatic rings. The van der Waals surface area contributed by atoms with Gasteiger partial charge in [-0.05, 0) is 13.8 Å². The topological polar surface area (TPSA) is 84.2 Å². The van der Waals surface area contributed by atoms with Crippen molar-refractivity contribution in [3.8, 4) is 0 Å². The number of thiazole rings is 1. The maximum atomic E-state index is 12.3. The van der Waals surface area contributed by atoms with Crippen molar-refractivity contribution in [1.29, 1.82) is 0 Å². The maximum Gasteiger partial charge on any atom is 0.318 e. The molecular weight excluding hydrogens is 314 g/mol. The summed E-state index contributed by atoms with van der Waals surface area (Å²) >= 11 is 1.67. The van der Waals surface area contributed by atoms with Crippen molar-refractivity contribution in [1.82, 2.24) is 25.3 Å². The molecule has 0 saturated heterocycles. The Morgan fingerprint density at radius 3 is 2.52 bits per heavy atom. The second kappa shape index (κ2) is 7.08. The highest BCUT2D eigenvalue weighted by molar-refractivity contribution is 7.11. The fourth-order valence-corrected chi connectivity index (χ4v) is 3.27. The Labute approximate surface area is 140 Å². The van der Waals surface area contributed by atoms with Gasteiger partial charge in [0.2, 0.25) is 5.89 Å². The van der Waals surface area contributed by atoms with Crippen LogP contribution in [0, 0.1) is 13.8 Å². The first kappa shape index (κ1) is 17.4. The normalized spacial score (nSPS) is 12.5. The van der Waals surface area contributed by atoms with E-state index in [9.17, 15) is 4.79 Å². The molecule has 2 amide bonds. The van der Waals surface area contributed by atoms with Gasteiger partial charge >= 0.3 is 6.03 Å². The third-order valence-electron chi connectivity index (χ3n) is 3.59. The van der Waals surface area contributed by atoms with E-state index in [0.29, 0.717) is 17.6 Å². The van der Waals surface area contributed by atoms with Crippen LogP contribution in [0.5, 0.6) is 0 Å². The van der Waals surface area contributed by atoms with Gasteiger partial charge in [-0.2, -0.15) is 4.98 Å². The van der Waals surface area contributed by atoms with Gasteiger partial charge in [-0.15, -0.1) is 11.3 Å². The van der Waals surface area contributed by atoms with Crippen LogP contribution in [0.15, 0.2) is 4.52 Å². The summed E-state index contributed by atoms with van der Waals surface area (Å²) in [5.74, 6) is 1.34. The standard InChI is InChI=1S/C15H23N5O2S/c1-8(2)14-17-9(3)13(23-14)10(4)20(6)15(21)16-7-12-18-11(5)22-19-12/h8,10H,7H2,1-6H3,(H,16,21)/t10-/m0/s1. The molecule has 0 fully saturated rings. The van der Waals surface area contributed by atoms with Gasteiger partial charge in [-0.3, -0.25) is 0 Å². The molecule has 0 aliphatic heterocycles. The van der Waals surface area contributed by atoms with Gasteiger partial charge in [0.1, 0.15) is 0 Å². The molecule has 0 saturated carbocycles. The molecule has 0 radical (unpaired) electrons. The lowest BCUT2D eigenvalue weighted by Gasteiger charge is -2.24. The lowest BCUT2D eigenvalue weighted by molar-refractivity contribution is 0.194. The van der Waals surface area contributed by atoms with Crippen LogP contribution >= 0.6 is 11.3 Å². The van der Waals surface area contributed by atoms with E-state index in [-0.39, 0.29) is 18.6 Å². The monoisotopic (exact) mass is 337 g/mol. The molecule has 2 heterocycles. The Kier molecular flexibility index (Phi) is 5.35. The average Bonchev–Trinajstić information content (AvgIpc) is 3.09. The van der Waals surface area contributed by atoms with Crippen LogP contribution in [0.25, 0.3) is 0 Å². The van der Waals surface area contributed by atoms with E-state index in [4.69, 9.17) is 4.52 Å². The molecule has 8 heteroatoms. The van der Waals surface area contributed by atoms with Crippen molar-refractivity contribution >= 4 is 17.4 Å². The van der Waals surface area contributed by atoms with Crippen molar-refractivity contribution < 1.29 is 9.32 Å². The van der Waals surface area contributed by atoms with Crippen LogP contribution in [0.4, 0.5) is 4.79 Å². The maximum absolute atomic E-state index is 12.3. The van der Waals surface area contributed by atoms with E-state index in [1.54, 1.807) is 30.2 Å². The summed E-state index contributed by atoms with van der Waals surface area (Å²) in [6.45, 7) is 10.2. The van der Waals surface area contributed by atoms with Crippen molar-refractivity contribution in [3.63, 3.8) is 0 Å². The molecule has 0 unspecified atom stereocenters. The van der Waals surface area contributed by atoms with Crippen molar-refractivity contribution in [2.75, 3.05) is 7.05 Å². The smallest absolute Gasteiger partial charge is 0.318 e. The summed E-state index contributed by atoms with van der Waals surface area (Å²) < 4.78 is 4.88. The number of hydrogen-bond donors (Lipinski definition) is 1. The lowest BCUT2D eigenvalue weighted by atomic mass is 10.2. The zero-order valence-electron chi connectivity index (χ0n) is 14.4. The fraction of sp³-hybridized carbons (Fsp3) is 0.600. The molecular formula is C15H23N5O2S. The Morgan fingerprint density at radius 1 is 1.30 bits per heavy atom. The van der Waals surface area contributed by atoms with E-state index in [2.05, 4.69) is 34.3 Å². The largest absolute Gasteiger partial charge is 0.340 e. The molecule has 0 spiro atoms. The second-order valence-corrected chi connectivity index (χ2v) is 6.89. The third-order valence-corrected chi connectivity index (χ3v) is 5.22. The van der Waals surface area contributed by atoms with Crippen LogP contribution < -0.4 is 5.32 Å². The van der Waals surface area contributed by atoms with Gasteiger partial charge in [0.05, 0.1) is 23.3 Å². The number of carbonyl (C=O) groups excluding carboxylic acids is 1. The van der Waals surface area contributed by atoms with E-state index < -0.39 is 0 Å². The van der Waals surface area contributed by atoms with E-state index in [0.717, 1.165) is 15.6 Å². The molecule has 2 aromatic rings. The predicted molar refractivity (Wildman–Crippen MR) is 88.4 cm³/mol. The first-order valence-corrected chi connectivity index (χ1v) is 8.38. The number of nitrogens with zero attached hydrogens (tertiary/aromatic N) is 4. The van der Waals surface area contributed by atoms with E-state index >= 15 is 0 Å². The van der Waals surface area contributed by atoms with Gasteiger partial charge in [-0.1, -0.05) is 19.0 Å². The molecule has 0 bridgehead atoms. The minimum Gasteiger partial charge on any atom is -0.340 e. The van der Waals surface area contributed by atoms with E-state index in [1.807, 2.05) is 13.8 Å². The molecule has 1 N–H and O–H groups in total. The van der Waals surface area contributed by atoms with Gasteiger partial charge in [0.25, 0.3) is 0 Å². The zero-order valence-corrected chi connectivity index (χ0v) is 15.2. The highest BCUT2D eigenvalue weighted by Gasteiger charge is 2.22. The molecule has 0 aromatic carbocycles. The molecule has 2 aromatic heterocycles. The number of aromatic nitrogens is 3. The van der Waals surface area contributed by atoms with Gasteiger partial charge in [0, 0.05) is 24.8 Å². The summed E-state index contributed by atoms with van der Waals surface area (Å²) in [5.41, 5.74) is 0.986. The Balaban J connectivity index is 2.00. The lowest BCUT2D eigenvalue weighted by Crippen LogP contribution is -2.38. The summed E-state index contributed by atoms with van der Waals surface area (Å²) in [7, 11) is 1.77. The molecule has 7 nitrogen and oxygen atoms in total. The fourth-order valence-electron chi connectivity index (χ4n) is 2.11. The summed E-state index contributed by atoms with van der Waals surface area (Å²) in [5, 5.41) is 7.66. The third kappa shape index (κ3) is 4.07. The van der Waals surface area contributed by atoms with Crippen LogP contribution in [0.2, 0.25) is 0 Å². The number of aryl methyl sites for hydroxylation is 2. The second-order valence-electron chi connectivity index (χ2n) is 5.83. The highest BCUT2D eigenvalue weighted by atomic mass is 32.1. The zero-order chi connectivity index (χ0) is 17.1. The summed E-state index contributed by atoms with van der Waals surface area (Å²) in [4.78, 5) is 23.7. The summed E-state index contributed by atoms with van der Waals surface area (Å²) in [6.07, 6.45) is 0. The Morgan fingerprint density at radius 2 is 2.00 bits per heavy atom. The average molecular weight is 337 g/mol. The quantitative estimate of drug-likeness (QED) is 0.906.